The summed E-state index contributed by atoms with van der Waals surface area (Å²) in [7, 11) is 1.34. The van der Waals surface area contributed by atoms with Gasteiger partial charge in [-0.05, 0) is 30.2 Å². The molecule has 0 aliphatic carbocycles. The maximum absolute atomic E-state index is 11.9. The van der Waals surface area contributed by atoms with Gasteiger partial charge in [-0.1, -0.05) is 36.4 Å². The van der Waals surface area contributed by atoms with Crippen molar-refractivity contribution in [3.63, 3.8) is 0 Å². The monoisotopic (exact) mass is 312 g/mol. The molecule has 23 heavy (non-hydrogen) atoms. The number of hydrogen-bond acceptors (Lipinski definition) is 4. The molecule has 2 N–H and O–H groups in total. The summed E-state index contributed by atoms with van der Waals surface area (Å²) in [6, 6.07) is 14.9. The normalized spacial score (nSPS) is 10.0. The third kappa shape index (κ3) is 4.85. The van der Waals surface area contributed by atoms with Crippen LogP contribution in [0.25, 0.3) is 0 Å². The molecule has 0 atom stereocenters. The first-order chi connectivity index (χ1) is 11.1. The van der Waals surface area contributed by atoms with Crippen molar-refractivity contribution in [2.75, 3.05) is 19.0 Å². The Labute approximate surface area is 135 Å². The fraction of sp³-hybridized carbons (Fsp3) is 0.222. The van der Waals surface area contributed by atoms with E-state index in [1.807, 2.05) is 43.3 Å². The highest BCUT2D eigenvalue weighted by atomic mass is 16.5. The molecule has 0 aliphatic rings. The Kier molecular flexibility index (Phi) is 5.74. The molecule has 2 aromatic rings. The first kappa shape index (κ1) is 16.5. The number of amides is 1. The Morgan fingerprint density at radius 2 is 1.83 bits per heavy atom. The highest BCUT2D eigenvalue weighted by molar-refractivity contribution is 5.91. The second-order valence-corrected chi connectivity index (χ2v) is 5.14. The Morgan fingerprint density at radius 3 is 2.52 bits per heavy atom. The third-order valence-electron chi connectivity index (χ3n) is 3.43. The molecule has 0 fully saturated rings. The molecular weight excluding hydrogens is 292 g/mol. The van der Waals surface area contributed by atoms with Crippen LogP contribution >= 0.6 is 0 Å². The van der Waals surface area contributed by atoms with Gasteiger partial charge in [-0.3, -0.25) is 4.79 Å². The number of hydrogen-bond donors (Lipinski definition) is 2. The van der Waals surface area contributed by atoms with Crippen LogP contribution in [0.3, 0.4) is 0 Å². The van der Waals surface area contributed by atoms with Crippen molar-refractivity contribution in [3.05, 3.63) is 65.2 Å². The zero-order chi connectivity index (χ0) is 16.7. The number of ether oxygens (including phenoxy) is 1. The van der Waals surface area contributed by atoms with Gasteiger partial charge in [-0.2, -0.15) is 0 Å². The van der Waals surface area contributed by atoms with Gasteiger partial charge < -0.3 is 15.4 Å². The minimum absolute atomic E-state index is 0.114. The minimum atomic E-state index is -0.401. The summed E-state index contributed by atoms with van der Waals surface area (Å²) in [5.41, 5.74) is 3.19. The summed E-state index contributed by atoms with van der Waals surface area (Å²) in [5.74, 6) is -0.515. The van der Waals surface area contributed by atoms with Gasteiger partial charge in [0.15, 0.2) is 0 Å². The molecule has 0 spiro atoms. The predicted molar refractivity (Wildman–Crippen MR) is 89.3 cm³/mol. The van der Waals surface area contributed by atoms with E-state index in [2.05, 4.69) is 10.6 Å². The molecule has 5 nitrogen and oxygen atoms in total. The van der Waals surface area contributed by atoms with E-state index in [-0.39, 0.29) is 12.5 Å². The van der Waals surface area contributed by atoms with Crippen molar-refractivity contribution in [2.45, 2.75) is 13.5 Å². The van der Waals surface area contributed by atoms with Crippen LogP contribution < -0.4 is 10.6 Å². The van der Waals surface area contributed by atoms with Gasteiger partial charge >= 0.3 is 5.97 Å². The molecule has 0 unspecified atom stereocenters. The first-order valence-corrected chi connectivity index (χ1v) is 7.33. The number of nitrogens with one attached hydrogen (secondary N) is 2. The molecule has 2 rings (SSSR count). The van der Waals surface area contributed by atoms with Gasteiger partial charge in [0, 0.05) is 12.2 Å². The van der Waals surface area contributed by atoms with E-state index in [4.69, 9.17) is 4.74 Å². The van der Waals surface area contributed by atoms with E-state index >= 15 is 0 Å². The molecule has 5 heteroatoms. The molecule has 0 heterocycles. The smallest absolute Gasteiger partial charge is 0.337 e. The van der Waals surface area contributed by atoms with E-state index in [0.717, 1.165) is 16.8 Å². The summed E-state index contributed by atoms with van der Waals surface area (Å²) in [5, 5.41) is 5.89. The van der Waals surface area contributed by atoms with Crippen molar-refractivity contribution in [1.29, 1.82) is 0 Å². The van der Waals surface area contributed by atoms with Gasteiger partial charge in [0.05, 0.1) is 19.2 Å². The Balaban J connectivity index is 1.89. The maximum Gasteiger partial charge on any atom is 0.337 e. The maximum atomic E-state index is 11.9. The van der Waals surface area contributed by atoms with Gasteiger partial charge in [0.2, 0.25) is 5.91 Å². The van der Waals surface area contributed by atoms with Crippen molar-refractivity contribution in [2.24, 2.45) is 0 Å². The number of carbonyl (C=O) groups excluding carboxylic acids is 2. The summed E-state index contributed by atoms with van der Waals surface area (Å²) in [4.78, 5) is 23.5. The van der Waals surface area contributed by atoms with Crippen LogP contribution in [0.2, 0.25) is 0 Å². The van der Waals surface area contributed by atoms with Crippen LogP contribution in [0.15, 0.2) is 48.5 Å². The number of anilines is 1. The van der Waals surface area contributed by atoms with Gasteiger partial charge in [-0.25, -0.2) is 4.79 Å². The number of rotatable bonds is 6. The van der Waals surface area contributed by atoms with Crippen molar-refractivity contribution in [1.82, 2.24) is 5.32 Å². The molecule has 1 amide bonds. The van der Waals surface area contributed by atoms with Crippen LogP contribution in [-0.2, 0) is 16.1 Å². The number of benzene rings is 2. The lowest BCUT2D eigenvalue weighted by molar-refractivity contribution is -0.119. The number of aryl methyl sites for hydroxylation is 1. The number of methoxy groups -OCH3 is 1. The Hall–Kier alpha value is -2.82. The average molecular weight is 312 g/mol. The quantitative estimate of drug-likeness (QED) is 0.804. The topological polar surface area (TPSA) is 67.4 Å². The van der Waals surface area contributed by atoms with Crippen molar-refractivity contribution < 1.29 is 14.3 Å². The first-order valence-electron chi connectivity index (χ1n) is 7.33. The fourth-order valence-electron chi connectivity index (χ4n) is 2.09. The molecule has 0 radical (unpaired) electrons. The predicted octanol–water partition coefficient (Wildman–Crippen LogP) is 2.51. The fourth-order valence-corrected chi connectivity index (χ4v) is 2.09. The van der Waals surface area contributed by atoms with E-state index in [0.29, 0.717) is 12.1 Å². The lowest BCUT2D eigenvalue weighted by atomic mass is 10.1. The minimum Gasteiger partial charge on any atom is -0.465 e. The van der Waals surface area contributed by atoms with Crippen molar-refractivity contribution >= 4 is 17.6 Å². The zero-order valence-electron chi connectivity index (χ0n) is 13.3. The third-order valence-corrected chi connectivity index (χ3v) is 3.43. The SMILES string of the molecule is COC(=O)c1ccc(C)c(NCC(=O)NCc2ccccc2)c1. The molecule has 2 aromatic carbocycles. The van der Waals surface area contributed by atoms with E-state index < -0.39 is 5.97 Å². The molecule has 0 saturated heterocycles. The van der Waals surface area contributed by atoms with Gasteiger partial charge in [0.25, 0.3) is 0 Å². The van der Waals surface area contributed by atoms with E-state index in [9.17, 15) is 9.59 Å². The molecular formula is C18H20N2O3. The summed E-state index contributed by atoms with van der Waals surface area (Å²) < 4.78 is 4.70. The second-order valence-electron chi connectivity index (χ2n) is 5.14. The lowest BCUT2D eigenvalue weighted by Crippen LogP contribution is -2.29. The van der Waals surface area contributed by atoms with Gasteiger partial charge in [-0.15, -0.1) is 0 Å². The molecule has 0 bridgehead atoms. The van der Waals surface area contributed by atoms with Gasteiger partial charge in [0.1, 0.15) is 0 Å². The van der Waals surface area contributed by atoms with Crippen LogP contribution in [0.5, 0.6) is 0 Å². The summed E-state index contributed by atoms with van der Waals surface area (Å²) in [6.07, 6.45) is 0. The Bertz CT molecular complexity index is 684. The second kappa shape index (κ2) is 7.98. The van der Waals surface area contributed by atoms with Crippen molar-refractivity contribution in [3.8, 4) is 0 Å². The number of carbonyl (C=O) groups is 2. The summed E-state index contributed by atoms with van der Waals surface area (Å²) >= 11 is 0. The highest BCUT2D eigenvalue weighted by Gasteiger charge is 2.09. The zero-order valence-corrected chi connectivity index (χ0v) is 13.3. The van der Waals surface area contributed by atoms with Crippen LogP contribution in [0.4, 0.5) is 5.69 Å². The van der Waals surface area contributed by atoms with Crippen LogP contribution in [-0.4, -0.2) is 25.5 Å². The number of esters is 1. The summed E-state index contributed by atoms with van der Waals surface area (Å²) in [6.45, 7) is 2.53. The largest absolute Gasteiger partial charge is 0.465 e. The molecule has 120 valence electrons. The average Bonchev–Trinajstić information content (AvgIpc) is 2.59. The highest BCUT2D eigenvalue weighted by Crippen LogP contribution is 2.17. The molecule has 0 aliphatic heterocycles. The van der Waals surface area contributed by atoms with E-state index in [1.54, 1.807) is 12.1 Å². The molecule has 0 aromatic heterocycles. The standard InChI is InChI=1S/C18H20N2O3/c1-13-8-9-15(18(22)23-2)10-16(13)19-12-17(21)20-11-14-6-4-3-5-7-14/h3-10,19H,11-12H2,1-2H3,(H,20,21). The Morgan fingerprint density at radius 1 is 1.09 bits per heavy atom. The molecule has 0 saturated carbocycles. The lowest BCUT2D eigenvalue weighted by Gasteiger charge is -2.11. The van der Waals surface area contributed by atoms with Crippen LogP contribution in [0.1, 0.15) is 21.5 Å². The van der Waals surface area contributed by atoms with E-state index in [1.165, 1.54) is 7.11 Å². The van der Waals surface area contributed by atoms with Crippen LogP contribution in [0, 0.1) is 6.92 Å².